The number of hydrogen-bond acceptors (Lipinski definition) is 5. The van der Waals surface area contributed by atoms with E-state index in [0.717, 1.165) is 0 Å². The van der Waals surface area contributed by atoms with Gasteiger partial charge in [0.05, 0.1) is 0 Å². The molecule has 0 spiro atoms. The van der Waals surface area contributed by atoms with Crippen LogP contribution in [0.4, 0.5) is 0 Å². The van der Waals surface area contributed by atoms with Crippen molar-refractivity contribution in [3.63, 3.8) is 0 Å². The summed E-state index contributed by atoms with van der Waals surface area (Å²) in [7, 11) is 0. The molecule has 19 heavy (non-hydrogen) atoms. The summed E-state index contributed by atoms with van der Waals surface area (Å²) in [5.41, 5.74) is 5.24. The van der Waals surface area contributed by atoms with E-state index in [0.29, 0.717) is 5.75 Å². The van der Waals surface area contributed by atoms with Gasteiger partial charge in [0.25, 0.3) is 0 Å². The van der Waals surface area contributed by atoms with Crippen LogP contribution in [0.3, 0.4) is 0 Å². The first-order chi connectivity index (χ1) is 8.88. The number of nitrogens with one attached hydrogen (secondary N) is 1. The Kier molecular flexibility index (Phi) is 8.64. The van der Waals surface area contributed by atoms with Gasteiger partial charge >= 0.3 is 11.9 Å². The summed E-state index contributed by atoms with van der Waals surface area (Å²) >= 11 is 1.33. The molecule has 0 aromatic rings. The second-order valence-corrected chi connectivity index (χ2v) is 4.84. The molecule has 0 aromatic carbocycles. The number of amides is 1. The van der Waals surface area contributed by atoms with Crippen molar-refractivity contribution in [3.05, 3.63) is 12.7 Å². The first-order valence-corrected chi connectivity index (χ1v) is 6.73. The number of carboxylic acids is 2. The monoisotopic (exact) mass is 290 g/mol. The molecule has 1 unspecified atom stereocenters. The Labute approximate surface area is 115 Å². The number of aliphatic carboxylic acids is 2. The van der Waals surface area contributed by atoms with E-state index in [9.17, 15) is 14.4 Å². The lowest BCUT2D eigenvalue weighted by molar-refractivity contribution is -0.141. The minimum atomic E-state index is -1.19. The molecule has 0 heterocycles. The van der Waals surface area contributed by atoms with Crippen molar-refractivity contribution in [2.45, 2.75) is 24.9 Å². The zero-order chi connectivity index (χ0) is 14.8. The maximum absolute atomic E-state index is 11.5. The highest BCUT2D eigenvalue weighted by Crippen LogP contribution is 2.04. The van der Waals surface area contributed by atoms with Gasteiger partial charge in [0.1, 0.15) is 12.1 Å². The number of rotatable bonds is 10. The Morgan fingerprint density at radius 2 is 1.95 bits per heavy atom. The molecule has 0 saturated carbocycles. The normalized spacial score (nSPS) is 13.3. The van der Waals surface area contributed by atoms with Crippen molar-refractivity contribution >= 4 is 29.6 Å². The third-order valence-corrected chi connectivity index (χ3v) is 3.19. The highest BCUT2D eigenvalue weighted by atomic mass is 32.2. The second-order valence-electron chi connectivity index (χ2n) is 3.77. The second kappa shape index (κ2) is 9.40. The van der Waals surface area contributed by atoms with Gasteiger partial charge in [0.15, 0.2) is 0 Å². The average molecular weight is 290 g/mol. The molecule has 108 valence electrons. The van der Waals surface area contributed by atoms with Crippen LogP contribution in [0.1, 0.15) is 12.8 Å². The molecule has 0 bridgehead atoms. The zero-order valence-electron chi connectivity index (χ0n) is 10.4. The number of carbonyl (C=O) groups is 3. The van der Waals surface area contributed by atoms with E-state index in [2.05, 4.69) is 11.9 Å². The molecular weight excluding hydrogens is 272 g/mol. The Morgan fingerprint density at radius 1 is 1.32 bits per heavy atom. The van der Waals surface area contributed by atoms with Crippen LogP contribution in [0.15, 0.2) is 12.7 Å². The van der Waals surface area contributed by atoms with Crippen LogP contribution in [-0.2, 0) is 14.4 Å². The fraction of sp³-hybridized carbons (Fsp3) is 0.545. The van der Waals surface area contributed by atoms with E-state index < -0.39 is 29.9 Å². The Balaban J connectivity index is 4.13. The summed E-state index contributed by atoms with van der Waals surface area (Å²) in [6.07, 6.45) is 1.48. The van der Waals surface area contributed by atoms with Gasteiger partial charge in [0, 0.05) is 17.9 Å². The minimum Gasteiger partial charge on any atom is -0.480 e. The van der Waals surface area contributed by atoms with Gasteiger partial charge in [-0.3, -0.25) is 9.59 Å². The van der Waals surface area contributed by atoms with Crippen molar-refractivity contribution in [2.75, 3.05) is 11.5 Å². The van der Waals surface area contributed by atoms with E-state index in [1.165, 1.54) is 11.8 Å². The highest BCUT2D eigenvalue weighted by Gasteiger charge is 2.20. The summed E-state index contributed by atoms with van der Waals surface area (Å²) in [5, 5.41) is 19.8. The van der Waals surface area contributed by atoms with E-state index in [1.54, 1.807) is 6.08 Å². The Morgan fingerprint density at radius 3 is 2.42 bits per heavy atom. The van der Waals surface area contributed by atoms with Crippen LogP contribution in [0, 0.1) is 0 Å². The van der Waals surface area contributed by atoms with Crippen molar-refractivity contribution in [1.29, 1.82) is 0 Å². The quantitative estimate of drug-likeness (QED) is 0.320. The molecule has 0 aliphatic heterocycles. The summed E-state index contributed by atoms with van der Waals surface area (Å²) in [5.74, 6) is -2.04. The molecule has 0 fully saturated rings. The van der Waals surface area contributed by atoms with Crippen molar-refractivity contribution in [2.24, 2.45) is 5.73 Å². The van der Waals surface area contributed by atoms with Gasteiger partial charge in [-0.1, -0.05) is 6.08 Å². The lowest BCUT2D eigenvalue weighted by Gasteiger charge is -2.14. The third kappa shape index (κ3) is 8.22. The van der Waals surface area contributed by atoms with Crippen molar-refractivity contribution in [3.8, 4) is 0 Å². The summed E-state index contributed by atoms with van der Waals surface area (Å²) < 4.78 is 0. The van der Waals surface area contributed by atoms with Gasteiger partial charge in [-0.25, -0.2) is 4.79 Å². The molecule has 0 radical (unpaired) electrons. The van der Waals surface area contributed by atoms with Gasteiger partial charge < -0.3 is 21.3 Å². The van der Waals surface area contributed by atoms with Crippen LogP contribution in [0.25, 0.3) is 0 Å². The zero-order valence-corrected chi connectivity index (χ0v) is 11.2. The largest absolute Gasteiger partial charge is 0.480 e. The molecule has 0 aliphatic rings. The van der Waals surface area contributed by atoms with Crippen LogP contribution in [0.2, 0.25) is 0 Å². The topological polar surface area (TPSA) is 130 Å². The molecule has 8 heteroatoms. The van der Waals surface area contributed by atoms with E-state index in [-0.39, 0.29) is 18.6 Å². The highest BCUT2D eigenvalue weighted by molar-refractivity contribution is 7.99. The number of carbonyl (C=O) groups excluding carboxylic acids is 1. The molecule has 5 N–H and O–H groups in total. The maximum Gasteiger partial charge on any atom is 0.327 e. The average Bonchev–Trinajstić information content (AvgIpc) is 2.34. The van der Waals surface area contributed by atoms with Gasteiger partial charge in [-0.15, -0.1) is 6.58 Å². The first kappa shape index (κ1) is 17.5. The lowest BCUT2D eigenvalue weighted by Crippen LogP contribution is -2.43. The van der Waals surface area contributed by atoms with Crippen molar-refractivity contribution in [1.82, 2.24) is 5.32 Å². The number of thioether (sulfide) groups is 1. The predicted octanol–water partition coefficient (Wildman–Crippen LogP) is -0.333. The number of carboxylic acid groups (broad SMARTS) is 2. The van der Waals surface area contributed by atoms with Crippen LogP contribution in [-0.4, -0.2) is 51.6 Å². The predicted molar refractivity (Wildman–Crippen MR) is 71.9 cm³/mol. The number of hydrogen-bond donors (Lipinski definition) is 4. The maximum atomic E-state index is 11.5. The summed E-state index contributed by atoms with van der Waals surface area (Å²) in [4.78, 5) is 32.8. The summed E-state index contributed by atoms with van der Waals surface area (Å²) in [6.45, 7) is 3.50. The molecule has 0 saturated heterocycles. The Hall–Kier alpha value is -1.54. The molecule has 2 atom stereocenters. The first-order valence-electron chi connectivity index (χ1n) is 5.57. The van der Waals surface area contributed by atoms with Crippen LogP contribution in [0.5, 0.6) is 0 Å². The van der Waals surface area contributed by atoms with Crippen LogP contribution >= 0.6 is 11.8 Å². The Bertz CT molecular complexity index is 348. The van der Waals surface area contributed by atoms with Crippen LogP contribution < -0.4 is 11.1 Å². The SMILES string of the molecule is C=CCSCC(NC(=O)CC[C@H](N)C(=O)O)C(=O)O. The van der Waals surface area contributed by atoms with E-state index in [4.69, 9.17) is 15.9 Å². The lowest BCUT2D eigenvalue weighted by atomic mass is 10.1. The molecule has 0 aliphatic carbocycles. The van der Waals surface area contributed by atoms with Crippen molar-refractivity contribution < 1.29 is 24.6 Å². The van der Waals surface area contributed by atoms with Gasteiger partial charge in [-0.2, -0.15) is 11.8 Å². The number of nitrogens with two attached hydrogens (primary N) is 1. The molecular formula is C11H18N2O5S. The molecule has 1 amide bonds. The van der Waals surface area contributed by atoms with E-state index in [1.807, 2.05) is 0 Å². The molecule has 0 aromatic heterocycles. The standard InChI is InChI=1S/C11H18N2O5S/c1-2-5-19-6-8(11(17)18)13-9(14)4-3-7(12)10(15)16/h2,7-8H,1,3-6,12H2,(H,13,14)(H,15,16)(H,17,18)/t7-,8?/m0/s1. The minimum absolute atomic E-state index is 0.0344. The summed E-state index contributed by atoms with van der Waals surface area (Å²) in [6, 6.07) is -2.12. The fourth-order valence-electron chi connectivity index (χ4n) is 1.12. The molecule has 0 rings (SSSR count). The van der Waals surface area contributed by atoms with Gasteiger partial charge in [-0.05, 0) is 6.42 Å². The van der Waals surface area contributed by atoms with E-state index >= 15 is 0 Å². The van der Waals surface area contributed by atoms with Gasteiger partial charge in [0.2, 0.25) is 5.91 Å². The third-order valence-electron chi connectivity index (χ3n) is 2.15. The fourth-order valence-corrected chi connectivity index (χ4v) is 1.88. The molecule has 7 nitrogen and oxygen atoms in total. The smallest absolute Gasteiger partial charge is 0.327 e.